The van der Waals surface area contributed by atoms with Gasteiger partial charge in [0.15, 0.2) is 5.65 Å². The van der Waals surface area contributed by atoms with E-state index in [1.54, 1.807) is 47.0 Å². The first-order valence-electron chi connectivity index (χ1n) is 12.6. The molecule has 202 valence electrons. The smallest absolute Gasteiger partial charge is 0.270 e. The maximum atomic E-state index is 14.0. The third kappa shape index (κ3) is 5.19. The summed E-state index contributed by atoms with van der Waals surface area (Å²) in [6, 6.07) is 21.0. The summed E-state index contributed by atoms with van der Waals surface area (Å²) in [7, 11) is -4.13. The van der Waals surface area contributed by atoms with Crippen molar-refractivity contribution in [2.45, 2.75) is 36.1 Å². The highest BCUT2D eigenvalue weighted by atomic mass is 32.2. The van der Waals surface area contributed by atoms with Crippen molar-refractivity contribution in [1.82, 2.24) is 14.5 Å². The van der Waals surface area contributed by atoms with Gasteiger partial charge in [-0.05, 0) is 42.3 Å². The highest BCUT2D eigenvalue weighted by Crippen LogP contribution is 2.37. The predicted molar refractivity (Wildman–Crippen MR) is 153 cm³/mol. The number of non-ortho nitro benzene ring substituents is 1. The molecule has 1 N–H and O–H groups in total. The van der Waals surface area contributed by atoms with Crippen LogP contribution in [0, 0.1) is 10.1 Å². The molecule has 0 spiro atoms. The van der Waals surface area contributed by atoms with Gasteiger partial charge in [-0.25, -0.2) is 18.4 Å². The summed E-state index contributed by atoms with van der Waals surface area (Å²) in [5, 5.41) is 13.9. The van der Waals surface area contributed by atoms with Gasteiger partial charge in [0.05, 0.1) is 20.9 Å². The van der Waals surface area contributed by atoms with E-state index in [1.807, 2.05) is 13.0 Å². The highest BCUT2D eigenvalue weighted by Gasteiger charge is 2.32. The fourth-order valence-electron chi connectivity index (χ4n) is 4.37. The number of nitrogens with one attached hydrogen (secondary N) is 1. The van der Waals surface area contributed by atoms with Gasteiger partial charge < -0.3 is 9.88 Å². The van der Waals surface area contributed by atoms with Crippen molar-refractivity contribution < 1.29 is 18.1 Å². The van der Waals surface area contributed by atoms with Gasteiger partial charge in [0.2, 0.25) is 15.7 Å². The number of carbonyl (C=O) groups is 1. The van der Waals surface area contributed by atoms with Crippen molar-refractivity contribution >= 4 is 55.5 Å². The average Bonchev–Trinajstić information content (AvgIpc) is 3.26. The van der Waals surface area contributed by atoms with Gasteiger partial charge in [-0.2, -0.15) is 0 Å². The first-order valence-corrected chi connectivity index (χ1v) is 14.1. The molecule has 3 aromatic carbocycles. The van der Waals surface area contributed by atoms with E-state index in [4.69, 9.17) is 9.97 Å². The Morgan fingerprint density at radius 1 is 1.00 bits per heavy atom. The van der Waals surface area contributed by atoms with Crippen LogP contribution in [0.5, 0.6) is 0 Å². The topological polar surface area (TPSA) is 137 Å². The number of rotatable bonds is 9. The second kappa shape index (κ2) is 11.1. The molecule has 2 aromatic heterocycles. The standard InChI is InChI=1S/C29H25N5O5S/c1-2-3-18-33-28-26(30-23-14-7-8-15-24(23)31-28)27(40(38,39)22-12-5-4-6-13-22)29(33)32-25(35)17-16-20-10-9-11-21(19-20)34(36)37/h4-17,19H,2-3,18H2,1H3,(H,32,35)/b17-16+. The second-order valence-electron chi connectivity index (χ2n) is 9.06. The van der Waals surface area contributed by atoms with Gasteiger partial charge in [-0.15, -0.1) is 0 Å². The first kappa shape index (κ1) is 26.7. The third-order valence-corrected chi connectivity index (χ3v) is 8.13. The Balaban J connectivity index is 1.68. The van der Waals surface area contributed by atoms with Crippen molar-refractivity contribution in [3.63, 3.8) is 0 Å². The number of amides is 1. The molecule has 0 aliphatic heterocycles. The molecule has 0 aliphatic rings. The molecule has 0 fully saturated rings. The van der Waals surface area contributed by atoms with E-state index in [-0.39, 0.29) is 26.8 Å². The molecular formula is C29H25N5O5S. The van der Waals surface area contributed by atoms with Gasteiger partial charge in [0.1, 0.15) is 16.2 Å². The Bertz CT molecular complexity index is 1880. The molecule has 0 radical (unpaired) electrons. The number of aryl methyl sites for hydroxylation is 1. The number of unbranched alkanes of at least 4 members (excludes halogenated alkanes) is 1. The van der Waals surface area contributed by atoms with Crippen LogP contribution in [0.1, 0.15) is 25.3 Å². The SMILES string of the molecule is CCCCn1c(NC(=O)/C=C/c2cccc([N+](=O)[O-])c2)c(S(=O)(=O)c2ccccc2)c2nc3ccccc3nc21. The van der Waals surface area contributed by atoms with E-state index in [2.05, 4.69) is 5.32 Å². The third-order valence-electron chi connectivity index (χ3n) is 6.32. The fourth-order valence-corrected chi connectivity index (χ4v) is 5.93. The minimum atomic E-state index is -4.13. The van der Waals surface area contributed by atoms with Gasteiger partial charge in [0.25, 0.3) is 5.69 Å². The summed E-state index contributed by atoms with van der Waals surface area (Å²) < 4.78 is 29.8. The number of hydrogen-bond donors (Lipinski definition) is 1. The Labute approximate surface area is 230 Å². The normalized spacial score (nSPS) is 11.8. The predicted octanol–water partition coefficient (Wildman–Crippen LogP) is 5.78. The van der Waals surface area contributed by atoms with Gasteiger partial charge in [-0.1, -0.05) is 55.8 Å². The van der Waals surface area contributed by atoms with Crippen molar-refractivity contribution in [3.05, 3.63) is 101 Å². The summed E-state index contributed by atoms with van der Waals surface area (Å²) in [6.07, 6.45) is 4.16. The molecule has 1 amide bonds. The van der Waals surface area contributed by atoms with Crippen LogP contribution in [0.3, 0.4) is 0 Å². The molecule has 11 heteroatoms. The number of aromatic nitrogens is 3. The van der Waals surface area contributed by atoms with Crippen LogP contribution in [0.15, 0.2) is 94.7 Å². The number of nitro groups is 1. The lowest BCUT2D eigenvalue weighted by Gasteiger charge is -2.12. The highest BCUT2D eigenvalue weighted by molar-refractivity contribution is 7.92. The monoisotopic (exact) mass is 555 g/mol. The molecule has 0 saturated carbocycles. The van der Waals surface area contributed by atoms with Crippen molar-refractivity contribution in [3.8, 4) is 0 Å². The lowest BCUT2D eigenvalue weighted by molar-refractivity contribution is -0.384. The van der Waals surface area contributed by atoms with Crippen LogP contribution in [-0.2, 0) is 21.2 Å². The van der Waals surface area contributed by atoms with Crippen LogP contribution in [0.25, 0.3) is 28.3 Å². The van der Waals surface area contributed by atoms with Gasteiger partial charge in [-0.3, -0.25) is 14.9 Å². The molecule has 5 rings (SSSR count). The van der Waals surface area contributed by atoms with Crippen LogP contribution < -0.4 is 5.32 Å². The molecule has 2 heterocycles. The minimum absolute atomic E-state index is 0.0575. The van der Waals surface area contributed by atoms with Crippen LogP contribution in [-0.4, -0.2) is 33.8 Å². The number of nitrogens with zero attached hydrogens (tertiary/aromatic N) is 4. The van der Waals surface area contributed by atoms with E-state index in [0.29, 0.717) is 35.2 Å². The number of anilines is 1. The van der Waals surface area contributed by atoms with E-state index < -0.39 is 20.7 Å². The van der Waals surface area contributed by atoms with E-state index in [1.165, 1.54) is 42.5 Å². The number of sulfone groups is 1. The molecule has 0 atom stereocenters. The number of nitro benzene ring substituents is 1. The zero-order valence-corrected chi connectivity index (χ0v) is 22.3. The Hall–Kier alpha value is -4.90. The van der Waals surface area contributed by atoms with E-state index >= 15 is 0 Å². The molecule has 0 saturated heterocycles. The molecule has 40 heavy (non-hydrogen) atoms. The Morgan fingerprint density at radius 3 is 2.40 bits per heavy atom. The maximum Gasteiger partial charge on any atom is 0.270 e. The molecule has 0 aliphatic carbocycles. The number of benzene rings is 3. The minimum Gasteiger partial charge on any atom is -0.309 e. The second-order valence-corrected chi connectivity index (χ2v) is 10.9. The van der Waals surface area contributed by atoms with Gasteiger partial charge >= 0.3 is 0 Å². The summed E-state index contributed by atoms with van der Waals surface area (Å²) in [4.78, 5) is 33.1. The largest absolute Gasteiger partial charge is 0.309 e. The summed E-state index contributed by atoms with van der Waals surface area (Å²) in [6.45, 7) is 2.41. The molecule has 5 aromatic rings. The quantitative estimate of drug-likeness (QED) is 0.138. The van der Waals surface area contributed by atoms with Crippen molar-refractivity contribution in [2.24, 2.45) is 0 Å². The number of fused-ring (bicyclic) bond motifs is 2. The van der Waals surface area contributed by atoms with E-state index in [9.17, 15) is 23.3 Å². The summed E-state index contributed by atoms with van der Waals surface area (Å²) >= 11 is 0. The molecule has 0 unspecified atom stereocenters. The van der Waals surface area contributed by atoms with Gasteiger partial charge in [0, 0.05) is 24.8 Å². The van der Waals surface area contributed by atoms with E-state index in [0.717, 1.165) is 6.42 Å². The fraction of sp³-hybridized carbons (Fsp3) is 0.138. The summed E-state index contributed by atoms with van der Waals surface area (Å²) in [5.74, 6) is -0.544. The Morgan fingerprint density at radius 2 is 1.70 bits per heavy atom. The summed E-state index contributed by atoms with van der Waals surface area (Å²) in [5.41, 5.74) is 1.97. The molecular weight excluding hydrogens is 530 g/mol. The maximum absolute atomic E-state index is 14.0. The van der Waals surface area contributed by atoms with Crippen LogP contribution in [0.4, 0.5) is 11.5 Å². The van der Waals surface area contributed by atoms with Crippen molar-refractivity contribution in [2.75, 3.05) is 5.32 Å². The number of para-hydroxylation sites is 2. The molecule has 10 nitrogen and oxygen atoms in total. The van der Waals surface area contributed by atoms with Crippen LogP contribution in [0.2, 0.25) is 0 Å². The Kier molecular flexibility index (Phi) is 7.39. The van der Waals surface area contributed by atoms with Crippen LogP contribution >= 0.6 is 0 Å². The zero-order valence-electron chi connectivity index (χ0n) is 21.5. The average molecular weight is 556 g/mol. The number of carbonyl (C=O) groups excluding carboxylic acids is 1. The number of hydrogen-bond acceptors (Lipinski definition) is 7. The first-order chi connectivity index (χ1) is 19.3. The van der Waals surface area contributed by atoms with Crippen molar-refractivity contribution in [1.29, 1.82) is 0 Å². The zero-order chi connectivity index (χ0) is 28.3. The molecule has 0 bridgehead atoms. The lowest BCUT2D eigenvalue weighted by atomic mass is 10.2. The lowest BCUT2D eigenvalue weighted by Crippen LogP contribution is -2.16.